The van der Waals surface area contributed by atoms with Crippen molar-refractivity contribution in [3.63, 3.8) is 0 Å². The van der Waals surface area contributed by atoms with Gasteiger partial charge in [-0.25, -0.2) is 0 Å². The summed E-state index contributed by atoms with van der Waals surface area (Å²) in [6.07, 6.45) is 9.34. The maximum absolute atomic E-state index is 11.9. The number of nitrogens with one attached hydrogen (secondary N) is 1. The molecule has 0 aromatic heterocycles. The van der Waals surface area contributed by atoms with Gasteiger partial charge in [-0.05, 0) is 31.6 Å². The fraction of sp³-hybridized carbons (Fsp3) is 0.800. The van der Waals surface area contributed by atoms with Gasteiger partial charge in [-0.3, -0.25) is 0 Å². The SMILES string of the molecule is C#CCN(CC1CC1)S(=O)(=O)NC1CC1. The van der Waals surface area contributed by atoms with Crippen LogP contribution in [0.1, 0.15) is 25.7 Å². The van der Waals surface area contributed by atoms with Crippen LogP contribution in [-0.4, -0.2) is 31.9 Å². The second kappa shape index (κ2) is 4.12. The van der Waals surface area contributed by atoms with Crippen molar-refractivity contribution >= 4 is 10.2 Å². The number of nitrogens with zero attached hydrogens (tertiary/aromatic N) is 1. The maximum Gasteiger partial charge on any atom is 0.280 e. The Bertz CT molecular complexity index is 363. The lowest BCUT2D eigenvalue weighted by Crippen LogP contribution is -2.42. The van der Waals surface area contributed by atoms with Crippen LogP contribution in [0.2, 0.25) is 0 Å². The van der Waals surface area contributed by atoms with E-state index in [1.54, 1.807) is 0 Å². The van der Waals surface area contributed by atoms with E-state index in [0.29, 0.717) is 12.5 Å². The first-order chi connectivity index (χ1) is 7.12. The summed E-state index contributed by atoms with van der Waals surface area (Å²) < 4.78 is 27.7. The molecule has 0 saturated heterocycles. The molecule has 0 amide bonds. The minimum Gasteiger partial charge on any atom is -0.199 e. The van der Waals surface area contributed by atoms with Crippen LogP contribution in [0.15, 0.2) is 0 Å². The summed E-state index contributed by atoms with van der Waals surface area (Å²) in [4.78, 5) is 0. The molecule has 0 aliphatic heterocycles. The van der Waals surface area contributed by atoms with Crippen LogP contribution in [0, 0.1) is 18.3 Å². The van der Waals surface area contributed by atoms with E-state index in [9.17, 15) is 8.42 Å². The van der Waals surface area contributed by atoms with Crippen LogP contribution in [-0.2, 0) is 10.2 Å². The van der Waals surface area contributed by atoms with Crippen molar-refractivity contribution in [2.24, 2.45) is 5.92 Å². The molecule has 0 spiro atoms. The highest BCUT2D eigenvalue weighted by Crippen LogP contribution is 2.30. The van der Waals surface area contributed by atoms with Crippen LogP contribution >= 0.6 is 0 Å². The molecule has 2 saturated carbocycles. The smallest absolute Gasteiger partial charge is 0.199 e. The van der Waals surface area contributed by atoms with Crippen LogP contribution < -0.4 is 4.72 Å². The lowest BCUT2D eigenvalue weighted by molar-refractivity contribution is 0.421. The van der Waals surface area contributed by atoms with Crippen LogP contribution in [0.4, 0.5) is 0 Å². The molecule has 5 heteroatoms. The van der Waals surface area contributed by atoms with Crippen LogP contribution in [0.25, 0.3) is 0 Å². The first-order valence-corrected chi connectivity index (χ1v) is 6.76. The average Bonchev–Trinajstić information content (AvgIpc) is 2.97. The molecule has 0 bridgehead atoms. The molecule has 84 valence electrons. The minimum atomic E-state index is -3.34. The van der Waals surface area contributed by atoms with Crippen molar-refractivity contribution in [3.8, 4) is 12.3 Å². The Balaban J connectivity index is 1.96. The molecular formula is C10H16N2O2S. The van der Waals surface area contributed by atoms with E-state index in [2.05, 4.69) is 10.6 Å². The molecule has 0 unspecified atom stereocenters. The van der Waals surface area contributed by atoms with Crippen molar-refractivity contribution < 1.29 is 8.42 Å². The number of hydrogen-bond donors (Lipinski definition) is 1. The third-order valence-electron chi connectivity index (χ3n) is 2.66. The molecule has 2 aliphatic carbocycles. The molecule has 2 aliphatic rings. The Morgan fingerprint density at radius 2 is 2.00 bits per heavy atom. The van der Waals surface area contributed by atoms with Crippen molar-refractivity contribution in [1.82, 2.24) is 9.03 Å². The summed E-state index contributed by atoms with van der Waals surface area (Å²) in [7, 11) is -3.34. The molecule has 2 fully saturated rings. The van der Waals surface area contributed by atoms with Gasteiger partial charge >= 0.3 is 0 Å². The van der Waals surface area contributed by atoms with Crippen molar-refractivity contribution in [2.75, 3.05) is 13.1 Å². The normalized spacial score (nSPS) is 21.6. The van der Waals surface area contributed by atoms with Crippen molar-refractivity contribution in [3.05, 3.63) is 0 Å². The second-order valence-corrected chi connectivity index (χ2v) is 6.04. The van der Waals surface area contributed by atoms with E-state index in [1.165, 1.54) is 4.31 Å². The fourth-order valence-electron chi connectivity index (χ4n) is 1.42. The predicted octanol–water partition coefficient (Wildman–Crippen LogP) is 0.328. The Hall–Kier alpha value is -0.570. The van der Waals surface area contributed by atoms with E-state index in [1.807, 2.05) is 0 Å². The van der Waals surface area contributed by atoms with E-state index in [-0.39, 0.29) is 12.6 Å². The fourth-order valence-corrected chi connectivity index (χ4v) is 2.88. The summed E-state index contributed by atoms with van der Waals surface area (Å²) in [6.45, 7) is 0.755. The number of terminal acetylenes is 1. The Morgan fingerprint density at radius 3 is 2.47 bits per heavy atom. The molecule has 0 radical (unpaired) electrons. The zero-order valence-corrected chi connectivity index (χ0v) is 9.46. The summed E-state index contributed by atoms with van der Waals surface area (Å²) >= 11 is 0. The summed E-state index contributed by atoms with van der Waals surface area (Å²) in [6, 6.07) is 0.148. The molecule has 15 heavy (non-hydrogen) atoms. The zero-order chi connectivity index (χ0) is 10.9. The molecular weight excluding hydrogens is 212 g/mol. The van der Waals surface area contributed by atoms with Crippen molar-refractivity contribution in [2.45, 2.75) is 31.7 Å². The Morgan fingerprint density at radius 1 is 1.33 bits per heavy atom. The lowest BCUT2D eigenvalue weighted by Gasteiger charge is -2.19. The Labute approximate surface area is 91.2 Å². The predicted molar refractivity (Wildman–Crippen MR) is 58.2 cm³/mol. The van der Waals surface area contributed by atoms with Gasteiger partial charge in [-0.2, -0.15) is 17.4 Å². The van der Waals surface area contributed by atoms with Gasteiger partial charge in [-0.1, -0.05) is 5.92 Å². The van der Waals surface area contributed by atoms with Gasteiger partial charge < -0.3 is 0 Å². The largest absolute Gasteiger partial charge is 0.280 e. The molecule has 0 aromatic carbocycles. The molecule has 0 heterocycles. The second-order valence-electron chi connectivity index (χ2n) is 4.34. The Kier molecular flexibility index (Phi) is 3.01. The third-order valence-corrected chi connectivity index (χ3v) is 4.25. The maximum atomic E-state index is 11.9. The first kappa shape index (κ1) is 10.9. The third kappa shape index (κ3) is 3.20. The minimum absolute atomic E-state index is 0.148. The standard InChI is InChI=1S/C10H16N2O2S/c1-2-7-12(8-9-3-4-9)15(13,14)11-10-5-6-10/h1,9-11H,3-8H2. The average molecular weight is 228 g/mol. The highest BCUT2D eigenvalue weighted by atomic mass is 32.2. The highest BCUT2D eigenvalue weighted by Gasteiger charge is 2.34. The first-order valence-electron chi connectivity index (χ1n) is 5.32. The topological polar surface area (TPSA) is 49.4 Å². The summed E-state index contributed by atoms with van der Waals surface area (Å²) in [5.74, 6) is 2.93. The molecule has 0 aromatic rings. The van der Waals surface area contributed by atoms with E-state index in [4.69, 9.17) is 6.42 Å². The number of hydrogen-bond acceptors (Lipinski definition) is 2. The van der Waals surface area contributed by atoms with Crippen molar-refractivity contribution in [1.29, 1.82) is 0 Å². The van der Waals surface area contributed by atoms with Gasteiger partial charge in [0, 0.05) is 12.6 Å². The van der Waals surface area contributed by atoms with Crippen LogP contribution in [0.3, 0.4) is 0 Å². The van der Waals surface area contributed by atoms with Gasteiger partial charge in [0.15, 0.2) is 0 Å². The molecule has 4 nitrogen and oxygen atoms in total. The van der Waals surface area contributed by atoms with Gasteiger partial charge in [0.25, 0.3) is 10.2 Å². The van der Waals surface area contributed by atoms with Gasteiger partial charge in [0.2, 0.25) is 0 Å². The lowest BCUT2D eigenvalue weighted by atomic mass is 10.4. The van der Waals surface area contributed by atoms with Gasteiger partial charge in [0.1, 0.15) is 0 Å². The monoisotopic (exact) mass is 228 g/mol. The molecule has 2 rings (SSSR count). The quantitative estimate of drug-likeness (QED) is 0.666. The zero-order valence-electron chi connectivity index (χ0n) is 8.65. The van der Waals surface area contributed by atoms with Gasteiger partial charge in [-0.15, -0.1) is 6.42 Å². The molecule has 0 atom stereocenters. The highest BCUT2D eigenvalue weighted by molar-refractivity contribution is 7.87. The summed E-state index contributed by atoms with van der Waals surface area (Å²) in [5, 5.41) is 0. The van der Waals surface area contributed by atoms with E-state index >= 15 is 0 Å². The molecule has 1 N–H and O–H groups in total. The summed E-state index contributed by atoms with van der Waals surface area (Å²) in [5.41, 5.74) is 0. The van der Waals surface area contributed by atoms with Gasteiger partial charge in [0.05, 0.1) is 6.54 Å². The van der Waals surface area contributed by atoms with Crippen LogP contribution in [0.5, 0.6) is 0 Å². The van der Waals surface area contributed by atoms with E-state index in [0.717, 1.165) is 25.7 Å². The number of rotatable bonds is 6. The van der Waals surface area contributed by atoms with E-state index < -0.39 is 10.2 Å².